The number of rotatable bonds is 1. The van der Waals surface area contributed by atoms with Crippen molar-refractivity contribution in [1.29, 1.82) is 0 Å². The Hall–Kier alpha value is -0.940. The van der Waals surface area contributed by atoms with Gasteiger partial charge in [-0.25, -0.2) is 9.37 Å². The highest BCUT2D eigenvalue weighted by Gasteiger charge is 2.21. The summed E-state index contributed by atoms with van der Waals surface area (Å²) >= 11 is 7.80. The number of nitrogens with two attached hydrogens (primary N) is 1. The van der Waals surface area contributed by atoms with E-state index in [1.165, 1.54) is 6.07 Å². The van der Waals surface area contributed by atoms with Crippen molar-refractivity contribution < 1.29 is 4.39 Å². The Morgan fingerprint density at radius 1 is 1.39 bits per heavy atom. The molecule has 0 aliphatic carbocycles. The largest absolute Gasteiger partial charge is 0.369 e. The number of hydrogen-bond acceptors (Lipinski definition) is 3. The van der Waals surface area contributed by atoms with Gasteiger partial charge in [0.2, 0.25) is 5.95 Å². The lowest BCUT2D eigenvalue weighted by Gasteiger charge is -2.24. The summed E-state index contributed by atoms with van der Waals surface area (Å²) in [6.45, 7) is 0. The molecule has 1 saturated heterocycles. The van der Waals surface area contributed by atoms with Gasteiger partial charge in [0.1, 0.15) is 5.82 Å². The average Bonchev–Trinajstić information content (AvgIpc) is 2.66. The third-order valence-electron chi connectivity index (χ3n) is 3.31. The lowest BCUT2D eigenvalue weighted by molar-refractivity contribution is 0.486. The maximum atomic E-state index is 13.4. The molecule has 2 aromatic rings. The highest BCUT2D eigenvalue weighted by molar-refractivity contribution is 7.99. The number of thioether (sulfide) groups is 1. The Balaban J connectivity index is 2.15. The molecule has 1 aliphatic heterocycles. The van der Waals surface area contributed by atoms with E-state index in [4.69, 9.17) is 17.3 Å². The molecule has 0 radical (unpaired) electrons. The van der Waals surface area contributed by atoms with Crippen LogP contribution in [0.5, 0.6) is 0 Å². The first-order chi connectivity index (χ1) is 8.66. The maximum absolute atomic E-state index is 13.4. The Labute approximate surface area is 114 Å². The van der Waals surface area contributed by atoms with E-state index in [1.54, 1.807) is 6.07 Å². The van der Waals surface area contributed by atoms with E-state index in [0.717, 1.165) is 29.9 Å². The molecule has 3 nitrogen and oxygen atoms in total. The predicted octanol–water partition coefficient (Wildman–Crippen LogP) is 3.48. The molecule has 3 rings (SSSR count). The first-order valence-corrected chi connectivity index (χ1v) is 7.40. The number of imidazole rings is 1. The maximum Gasteiger partial charge on any atom is 0.201 e. The number of nitrogens with zero attached hydrogens (tertiary/aromatic N) is 2. The zero-order valence-electron chi connectivity index (χ0n) is 9.70. The van der Waals surface area contributed by atoms with Gasteiger partial charge in [-0.15, -0.1) is 0 Å². The highest BCUT2D eigenvalue weighted by atomic mass is 35.5. The van der Waals surface area contributed by atoms with Crippen molar-refractivity contribution >= 4 is 40.3 Å². The fourth-order valence-corrected chi connectivity index (χ4v) is 3.68. The Kier molecular flexibility index (Phi) is 3.11. The van der Waals surface area contributed by atoms with E-state index in [1.807, 2.05) is 16.3 Å². The molecule has 0 spiro atoms. The Morgan fingerprint density at radius 3 is 2.83 bits per heavy atom. The van der Waals surface area contributed by atoms with Gasteiger partial charge < -0.3 is 10.3 Å². The first kappa shape index (κ1) is 12.1. The number of halogens is 2. The molecule has 1 aliphatic rings. The van der Waals surface area contributed by atoms with Crippen LogP contribution in [0.3, 0.4) is 0 Å². The van der Waals surface area contributed by atoms with Gasteiger partial charge in [-0.3, -0.25) is 0 Å². The van der Waals surface area contributed by atoms with Crippen LogP contribution < -0.4 is 5.73 Å². The molecule has 6 heteroatoms. The van der Waals surface area contributed by atoms with Gasteiger partial charge in [0.15, 0.2) is 0 Å². The van der Waals surface area contributed by atoms with Crippen LogP contribution in [0, 0.1) is 5.82 Å². The number of aromatic nitrogens is 2. The minimum Gasteiger partial charge on any atom is -0.369 e. The molecule has 1 aromatic heterocycles. The highest BCUT2D eigenvalue weighted by Crippen LogP contribution is 2.33. The Morgan fingerprint density at radius 2 is 2.11 bits per heavy atom. The average molecular weight is 286 g/mol. The fourth-order valence-electron chi connectivity index (χ4n) is 2.44. The molecule has 0 saturated carbocycles. The number of anilines is 1. The SMILES string of the molecule is Nc1nc2cc(F)c(Cl)cc2n1C1CCSCC1. The van der Waals surface area contributed by atoms with Gasteiger partial charge in [-0.2, -0.15) is 11.8 Å². The van der Waals surface area contributed by atoms with Gasteiger partial charge in [0.25, 0.3) is 0 Å². The van der Waals surface area contributed by atoms with E-state index < -0.39 is 5.82 Å². The quantitative estimate of drug-likeness (QED) is 0.872. The van der Waals surface area contributed by atoms with Crippen LogP contribution in [0.2, 0.25) is 5.02 Å². The van der Waals surface area contributed by atoms with Gasteiger partial charge in [-0.05, 0) is 30.4 Å². The van der Waals surface area contributed by atoms with Crippen LogP contribution in [0.15, 0.2) is 12.1 Å². The molecule has 18 heavy (non-hydrogen) atoms. The predicted molar refractivity (Wildman–Crippen MR) is 74.7 cm³/mol. The first-order valence-electron chi connectivity index (χ1n) is 5.87. The summed E-state index contributed by atoms with van der Waals surface area (Å²) in [5, 5.41) is 0.119. The number of nitrogen functional groups attached to an aromatic ring is 1. The summed E-state index contributed by atoms with van der Waals surface area (Å²) in [5.74, 6) is 2.24. The summed E-state index contributed by atoms with van der Waals surface area (Å²) in [6.07, 6.45) is 2.13. The van der Waals surface area contributed by atoms with Crippen molar-refractivity contribution in [3.63, 3.8) is 0 Å². The van der Waals surface area contributed by atoms with Crippen LogP contribution in [0.25, 0.3) is 11.0 Å². The summed E-state index contributed by atoms with van der Waals surface area (Å²) < 4.78 is 15.4. The van der Waals surface area contributed by atoms with Crippen molar-refractivity contribution in [2.75, 3.05) is 17.2 Å². The molecular weight excluding hydrogens is 273 g/mol. The van der Waals surface area contributed by atoms with Crippen molar-refractivity contribution in [2.24, 2.45) is 0 Å². The summed E-state index contributed by atoms with van der Waals surface area (Å²) in [6, 6.07) is 3.32. The standard InChI is InChI=1S/C12H13ClFN3S/c13-8-5-11-10(6-9(8)14)16-12(15)17(11)7-1-3-18-4-2-7/h5-7H,1-4H2,(H2,15,16). The summed E-state index contributed by atoms with van der Waals surface area (Å²) in [4.78, 5) is 4.23. The molecule has 1 aromatic carbocycles. The molecule has 2 heterocycles. The second-order valence-electron chi connectivity index (χ2n) is 4.44. The lowest BCUT2D eigenvalue weighted by Crippen LogP contribution is -2.17. The van der Waals surface area contributed by atoms with E-state index in [2.05, 4.69) is 4.98 Å². The molecule has 0 bridgehead atoms. The topological polar surface area (TPSA) is 43.8 Å². The molecule has 96 valence electrons. The second kappa shape index (κ2) is 4.63. The molecule has 0 unspecified atom stereocenters. The van der Waals surface area contributed by atoms with Gasteiger partial charge in [0, 0.05) is 12.1 Å². The van der Waals surface area contributed by atoms with Crippen molar-refractivity contribution in [3.05, 3.63) is 23.0 Å². The minimum absolute atomic E-state index is 0.119. The molecule has 1 fully saturated rings. The van der Waals surface area contributed by atoms with Crippen LogP contribution in [0.1, 0.15) is 18.9 Å². The van der Waals surface area contributed by atoms with Gasteiger partial charge in [0.05, 0.1) is 16.1 Å². The fraction of sp³-hybridized carbons (Fsp3) is 0.417. The van der Waals surface area contributed by atoms with Crippen molar-refractivity contribution in [1.82, 2.24) is 9.55 Å². The van der Waals surface area contributed by atoms with E-state index in [9.17, 15) is 4.39 Å². The molecule has 0 amide bonds. The molecule has 2 N–H and O–H groups in total. The van der Waals surface area contributed by atoms with Gasteiger partial charge >= 0.3 is 0 Å². The van der Waals surface area contributed by atoms with Crippen molar-refractivity contribution in [3.8, 4) is 0 Å². The van der Waals surface area contributed by atoms with Gasteiger partial charge in [-0.1, -0.05) is 11.6 Å². The third-order valence-corrected chi connectivity index (χ3v) is 4.65. The summed E-state index contributed by atoms with van der Waals surface area (Å²) in [7, 11) is 0. The number of benzene rings is 1. The van der Waals surface area contributed by atoms with Crippen LogP contribution in [-0.2, 0) is 0 Å². The van der Waals surface area contributed by atoms with Crippen LogP contribution >= 0.6 is 23.4 Å². The normalized spacial score (nSPS) is 17.4. The monoisotopic (exact) mass is 285 g/mol. The van der Waals surface area contributed by atoms with Crippen LogP contribution in [0.4, 0.5) is 10.3 Å². The zero-order chi connectivity index (χ0) is 12.7. The molecule has 0 atom stereocenters. The smallest absolute Gasteiger partial charge is 0.201 e. The molecular formula is C12H13ClFN3S. The minimum atomic E-state index is -0.451. The zero-order valence-corrected chi connectivity index (χ0v) is 11.3. The second-order valence-corrected chi connectivity index (χ2v) is 6.07. The van der Waals surface area contributed by atoms with Crippen molar-refractivity contribution in [2.45, 2.75) is 18.9 Å². The van der Waals surface area contributed by atoms with E-state index in [0.29, 0.717) is 17.5 Å². The number of fused-ring (bicyclic) bond motifs is 1. The summed E-state index contributed by atoms with van der Waals surface area (Å²) in [5.41, 5.74) is 7.37. The Bertz CT molecular complexity index is 593. The lowest BCUT2D eigenvalue weighted by atomic mass is 10.1. The third kappa shape index (κ3) is 1.95. The van der Waals surface area contributed by atoms with Crippen LogP contribution in [-0.4, -0.2) is 21.1 Å². The van der Waals surface area contributed by atoms with E-state index >= 15 is 0 Å². The van der Waals surface area contributed by atoms with E-state index in [-0.39, 0.29) is 5.02 Å². The number of hydrogen-bond donors (Lipinski definition) is 1.